The summed E-state index contributed by atoms with van der Waals surface area (Å²) in [6, 6.07) is 62.4. The fourth-order valence-electron chi connectivity index (χ4n) is 7.31. The lowest BCUT2D eigenvalue weighted by Crippen LogP contribution is -2.09. The molecule has 0 fully saturated rings. The molecule has 0 radical (unpaired) electrons. The summed E-state index contributed by atoms with van der Waals surface area (Å²) in [5.41, 5.74) is 16.9. The van der Waals surface area contributed by atoms with Crippen LogP contribution in [0.25, 0.3) is 32.7 Å². The van der Waals surface area contributed by atoms with E-state index in [2.05, 4.69) is 221 Å². The van der Waals surface area contributed by atoms with Crippen LogP contribution in [0.2, 0.25) is 0 Å². The fraction of sp³-hybridized carbons (Fsp3) is 0.115. The normalized spacial score (nSPS) is 11.8. The van der Waals surface area contributed by atoms with Gasteiger partial charge < -0.3 is 9.80 Å². The number of hydrogen-bond acceptors (Lipinski definition) is 2. The Morgan fingerprint density at radius 3 is 0.815 bits per heavy atom. The van der Waals surface area contributed by atoms with Gasteiger partial charge in [0.2, 0.25) is 0 Å². The second-order valence-electron chi connectivity index (χ2n) is 14.8. The number of rotatable bonds is 8. The maximum atomic E-state index is 2.34. The van der Waals surface area contributed by atoms with Gasteiger partial charge in [-0.15, -0.1) is 0 Å². The third-order valence-electron chi connectivity index (χ3n) is 10.8. The predicted octanol–water partition coefficient (Wildman–Crippen LogP) is 15.1. The van der Waals surface area contributed by atoms with E-state index in [1.807, 2.05) is 0 Å². The van der Waals surface area contributed by atoms with Crippen molar-refractivity contribution in [3.8, 4) is 0 Å². The summed E-state index contributed by atoms with van der Waals surface area (Å²) in [7, 11) is 0. The standard InChI is InChI=1S/C52H46N2/c1-35-7-21-47(22-8-35)53(48-23-9-36(2)10-24-48)51-29-19-43-31-41(15-17-45(43)33-51)39(5)40(6)42-16-18-46-34-52(30-20-44(46)32-42)54(49-25-11-37(3)12-26-49)50-27-13-38(4)14-28-50/h7-34H,1-6H3. The van der Waals surface area contributed by atoms with Gasteiger partial charge in [0.05, 0.1) is 0 Å². The van der Waals surface area contributed by atoms with E-state index < -0.39 is 0 Å². The summed E-state index contributed by atoms with van der Waals surface area (Å²) >= 11 is 0. The van der Waals surface area contributed by atoms with E-state index in [1.54, 1.807) is 0 Å². The van der Waals surface area contributed by atoms with Crippen molar-refractivity contribution < 1.29 is 0 Å². The van der Waals surface area contributed by atoms with Crippen LogP contribution in [-0.2, 0) is 0 Å². The summed E-state index contributed by atoms with van der Waals surface area (Å²) in [6.07, 6.45) is 0. The topological polar surface area (TPSA) is 6.48 Å². The van der Waals surface area contributed by atoms with Crippen LogP contribution in [0.1, 0.15) is 47.2 Å². The molecular weight excluding hydrogens is 653 g/mol. The fourth-order valence-corrected chi connectivity index (χ4v) is 7.31. The van der Waals surface area contributed by atoms with E-state index in [9.17, 15) is 0 Å². The number of benzene rings is 8. The molecule has 0 atom stereocenters. The number of aryl methyl sites for hydroxylation is 4. The third-order valence-corrected chi connectivity index (χ3v) is 10.8. The number of anilines is 6. The summed E-state index contributed by atoms with van der Waals surface area (Å²) in [5, 5.41) is 4.90. The molecule has 8 aromatic rings. The zero-order chi connectivity index (χ0) is 37.3. The van der Waals surface area contributed by atoms with Crippen LogP contribution in [0, 0.1) is 27.7 Å². The maximum Gasteiger partial charge on any atom is 0.0468 e. The molecule has 54 heavy (non-hydrogen) atoms. The first-order chi connectivity index (χ1) is 26.2. The first-order valence-electron chi connectivity index (χ1n) is 18.8. The van der Waals surface area contributed by atoms with Gasteiger partial charge in [0.15, 0.2) is 0 Å². The lowest BCUT2D eigenvalue weighted by molar-refractivity contribution is 1.27. The van der Waals surface area contributed by atoms with Crippen LogP contribution in [0.3, 0.4) is 0 Å². The van der Waals surface area contributed by atoms with Crippen molar-refractivity contribution >= 4 is 66.8 Å². The lowest BCUT2D eigenvalue weighted by atomic mass is 9.94. The first kappa shape index (κ1) is 34.7. The molecular formula is C52H46N2. The van der Waals surface area contributed by atoms with Gasteiger partial charge >= 0.3 is 0 Å². The van der Waals surface area contributed by atoms with E-state index >= 15 is 0 Å². The highest BCUT2D eigenvalue weighted by Crippen LogP contribution is 2.39. The van der Waals surface area contributed by atoms with Crippen LogP contribution >= 0.6 is 0 Å². The minimum Gasteiger partial charge on any atom is -0.310 e. The van der Waals surface area contributed by atoms with Crippen molar-refractivity contribution in [2.24, 2.45) is 0 Å². The summed E-state index contributed by atoms with van der Waals surface area (Å²) in [6.45, 7) is 13.0. The highest BCUT2D eigenvalue weighted by atomic mass is 15.1. The van der Waals surface area contributed by atoms with Crippen molar-refractivity contribution in [1.29, 1.82) is 0 Å². The molecule has 0 aromatic heterocycles. The Kier molecular flexibility index (Phi) is 9.36. The van der Waals surface area contributed by atoms with Crippen molar-refractivity contribution in [2.45, 2.75) is 41.5 Å². The Balaban J connectivity index is 1.10. The molecule has 0 aliphatic carbocycles. The molecule has 2 nitrogen and oxygen atoms in total. The molecule has 0 aliphatic heterocycles. The second kappa shape index (κ2) is 14.6. The molecule has 0 N–H and O–H groups in total. The van der Waals surface area contributed by atoms with Gasteiger partial charge in [0, 0.05) is 34.1 Å². The zero-order valence-electron chi connectivity index (χ0n) is 32.1. The summed E-state index contributed by atoms with van der Waals surface area (Å²) < 4.78 is 0. The summed E-state index contributed by atoms with van der Waals surface area (Å²) in [5.74, 6) is 0. The molecule has 0 saturated carbocycles. The molecule has 0 spiro atoms. The second-order valence-corrected chi connectivity index (χ2v) is 14.8. The van der Waals surface area contributed by atoms with Crippen molar-refractivity contribution in [1.82, 2.24) is 0 Å². The molecule has 8 rings (SSSR count). The molecule has 8 aromatic carbocycles. The minimum absolute atomic E-state index is 1.14. The Hall–Kier alpha value is -6.38. The largest absolute Gasteiger partial charge is 0.310 e. The van der Waals surface area contributed by atoms with E-state index in [4.69, 9.17) is 0 Å². The molecule has 0 aliphatic rings. The van der Waals surface area contributed by atoms with Crippen LogP contribution in [0.4, 0.5) is 34.1 Å². The van der Waals surface area contributed by atoms with Gasteiger partial charge in [0.25, 0.3) is 0 Å². The van der Waals surface area contributed by atoms with E-state index in [0.29, 0.717) is 0 Å². The van der Waals surface area contributed by atoms with Gasteiger partial charge in [-0.25, -0.2) is 0 Å². The average Bonchev–Trinajstić information content (AvgIpc) is 3.20. The van der Waals surface area contributed by atoms with Crippen molar-refractivity contribution in [2.75, 3.05) is 9.80 Å². The monoisotopic (exact) mass is 698 g/mol. The Morgan fingerprint density at radius 1 is 0.278 bits per heavy atom. The van der Waals surface area contributed by atoms with Crippen LogP contribution < -0.4 is 9.80 Å². The highest BCUT2D eigenvalue weighted by Gasteiger charge is 2.15. The van der Waals surface area contributed by atoms with Crippen molar-refractivity contribution in [3.05, 3.63) is 203 Å². The number of allylic oxidation sites excluding steroid dienone is 2. The van der Waals surface area contributed by atoms with E-state index in [0.717, 1.165) is 34.1 Å². The van der Waals surface area contributed by atoms with Gasteiger partial charge in [0.1, 0.15) is 0 Å². The Bertz CT molecular complexity index is 2350. The van der Waals surface area contributed by atoms with Crippen LogP contribution in [0.5, 0.6) is 0 Å². The minimum atomic E-state index is 1.14. The lowest BCUT2D eigenvalue weighted by Gasteiger charge is -2.26. The Labute approximate surface area is 320 Å². The molecule has 0 bridgehead atoms. The predicted molar refractivity (Wildman–Crippen MR) is 234 cm³/mol. The van der Waals surface area contributed by atoms with Gasteiger partial charge in [-0.05, 0) is 170 Å². The van der Waals surface area contributed by atoms with Gasteiger partial charge in [-0.1, -0.05) is 107 Å². The van der Waals surface area contributed by atoms with E-state index in [-0.39, 0.29) is 0 Å². The van der Waals surface area contributed by atoms with E-state index in [1.165, 1.54) is 66.1 Å². The highest BCUT2D eigenvalue weighted by molar-refractivity contribution is 5.97. The SMILES string of the molecule is CC(=C(C)c1ccc2cc(N(c3ccc(C)cc3)c3ccc(C)cc3)ccc2c1)c1ccc2cc(N(c3ccc(C)cc3)c3ccc(C)cc3)ccc2c1. The van der Waals surface area contributed by atoms with Gasteiger partial charge in [-0.2, -0.15) is 0 Å². The molecule has 2 heteroatoms. The van der Waals surface area contributed by atoms with Crippen molar-refractivity contribution in [3.63, 3.8) is 0 Å². The molecule has 264 valence electrons. The molecule has 0 heterocycles. The molecule has 0 saturated heterocycles. The maximum absolute atomic E-state index is 2.34. The number of fused-ring (bicyclic) bond motifs is 2. The average molecular weight is 699 g/mol. The smallest absolute Gasteiger partial charge is 0.0468 e. The first-order valence-corrected chi connectivity index (χ1v) is 18.8. The number of nitrogens with zero attached hydrogens (tertiary/aromatic N) is 2. The number of hydrogen-bond donors (Lipinski definition) is 0. The van der Waals surface area contributed by atoms with Crippen LogP contribution in [-0.4, -0.2) is 0 Å². The van der Waals surface area contributed by atoms with Crippen LogP contribution in [0.15, 0.2) is 170 Å². The molecule has 0 amide bonds. The molecule has 0 unspecified atom stereocenters. The summed E-state index contributed by atoms with van der Waals surface area (Å²) in [4.78, 5) is 4.68. The zero-order valence-corrected chi connectivity index (χ0v) is 32.1. The third kappa shape index (κ3) is 7.04. The quantitative estimate of drug-likeness (QED) is 0.146. The Morgan fingerprint density at radius 2 is 0.519 bits per heavy atom. The van der Waals surface area contributed by atoms with Gasteiger partial charge in [-0.3, -0.25) is 0 Å².